The first-order valence-electron chi connectivity index (χ1n) is 9.68. The largest absolute Gasteiger partial charge is 0.296 e. The van der Waals surface area contributed by atoms with Crippen molar-refractivity contribution < 1.29 is 0 Å². The summed E-state index contributed by atoms with van der Waals surface area (Å²) in [4.78, 5) is 19.2. The van der Waals surface area contributed by atoms with E-state index in [1.807, 2.05) is 40.3 Å². The van der Waals surface area contributed by atoms with Gasteiger partial charge in [-0.25, -0.2) is 9.67 Å². The second-order valence-corrected chi connectivity index (χ2v) is 7.20. The molecule has 1 aliphatic heterocycles. The molecule has 1 saturated heterocycles. The van der Waals surface area contributed by atoms with Crippen molar-refractivity contribution in [2.75, 3.05) is 13.1 Å². The summed E-state index contributed by atoms with van der Waals surface area (Å²) in [6.45, 7) is 5.15. The van der Waals surface area contributed by atoms with E-state index in [-0.39, 0.29) is 5.56 Å². The number of piperidine rings is 1. The Morgan fingerprint density at radius 3 is 2.71 bits per heavy atom. The quantitative estimate of drug-likeness (QED) is 0.535. The summed E-state index contributed by atoms with van der Waals surface area (Å²) in [7, 11) is 0. The fourth-order valence-corrected chi connectivity index (χ4v) is 4.15. The van der Waals surface area contributed by atoms with Gasteiger partial charge in [-0.05, 0) is 31.9 Å². The van der Waals surface area contributed by atoms with Gasteiger partial charge in [-0.1, -0.05) is 12.1 Å². The molecule has 0 aliphatic carbocycles. The van der Waals surface area contributed by atoms with Crippen molar-refractivity contribution in [2.45, 2.75) is 38.9 Å². The van der Waals surface area contributed by atoms with Crippen molar-refractivity contribution in [1.82, 2.24) is 38.8 Å². The Morgan fingerprint density at radius 1 is 1.14 bits per heavy atom. The minimum absolute atomic E-state index is 0.0156. The maximum atomic E-state index is 12.8. The minimum Gasteiger partial charge on any atom is -0.296 e. The van der Waals surface area contributed by atoms with Crippen LogP contribution in [0.5, 0.6) is 0 Å². The van der Waals surface area contributed by atoms with Crippen LogP contribution in [0.2, 0.25) is 0 Å². The maximum Gasteiger partial charge on any atom is 0.262 e. The highest BCUT2D eigenvalue weighted by molar-refractivity contribution is 5.80. The summed E-state index contributed by atoms with van der Waals surface area (Å²) >= 11 is 0. The van der Waals surface area contributed by atoms with Gasteiger partial charge in [0.2, 0.25) is 5.78 Å². The second kappa shape index (κ2) is 6.83. The van der Waals surface area contributed by atoms with Crippen LogP contribution < -0.4 is 5.56 Å². The monoisotopic (exact) mass is 378 g/mol. The molecule has 0 N–H and O–H groups in total. The molecule has 1 aliphatic rings. The summed E-state index contributed by atoms with van der Waals surface area (Å²) in [5, 5.41) is 13.8. The molecular formula is C19H22N8O. The van der Waals surface area contributed by atoms with Crippen molar-refractivity contribution in [1.29, 1.82) is 0 Å². The molecule has 0 spiro atoms. The Kier molecular flexibility index (Phi) is 4.16. The number of para-hydroxylation sites is 1. The zero-order chi connectivity index (χ0) is 19.1. The van der Waals surface area contributed by atoms with Gasteiger partial charge in [0.1, 0.15) is 12.7 Å². The van der Waals surface area contributed by atoms with Crippen molar-refractivity contribution in [3.63, 3.8) is 0 Å². The zero-order valence-corrected chi connectivity index (χ0v) is 15.8. The highest BCUT2D eigenvalue weighted by atomic mass is 16.1. The lowest BCUT2D eigenvalue weighted by molar-refractivity contribution is 0.169. The van der Waals surface area contributed by atoms with Crippen LogP contribution in [0.1, 0.15) is 31.6 Å². The molecule has 5 rings (SSSR count). The van der Waals surface area contributed by atoms with E-state index >= 15 is 0 Å². The molecule has 0 bridgehead atoms. The predicted octanol–water partition coefficient (Wildman–Crippen LogP) is 1.49. The van der Waals surface area contributed by atoms with Gasteiger partial charge in [-0.3, -0.25) is 18.7 Å². The van der Waals surface area contributed by atoms with Gasteiger partial charge in [0.05, 0.1) is 23.5 Å². The number of likely N-dealkylation sites (tertiary alicyclic amines) is 1. The van der Waals surface area contributed by atoms with Crippen LogP contribution in [-0.2, 0) is 13.1 Å². The van der Waals surface area contributed by atoms with Crippen molar-refractivity contribution >= 4 is 16.7 Å². The smallest absolute Gasteiger partial charge is 0.262 e. The predicted molar refractivity (Wildman–Crippen MR) is 104 cm³/mol. The van der Waals surface area contributed by atoms with E-state index in [0.29, 0.717) is 30.3 Å². The number of hydrogen-bond donors (Lipinski definition) is 0. The fourth-order valence-electron chi connectivity index (χ4n) is 4.15. The maximum absolute atomic E-state index is 12.8. The third-order valence-electron chi connectivity index (χ3n) is 5.62. The van der Waals surface area contributed by atoms with Gasteiger partial charge in [0.15, 0.2) is 5.82 Å². The van der Waals surface area contributed by atoms with Crippen LogP contribution >= 0.6 is 0 Å². The highest BCUT2D eigenvalue weighted by Gasteiger charge is 2.23. The number of nitrogens with zero attached hydrogens (tertiary/aromatic N) is 8. The normalized spacial score (nSPS) is 16.3. The number of rotatable bonds is 4. The molecule has 1 fully saturated rings. The first-order valence-corrected chi connectivity index (χ1v) is 9.68. The average molecular weight is 378 g/mol. The van der Waals surface area contributed by atoms with E-state index < -0.39 is 0 Å². The molecule has 0 radical (unpaired) electrons. The molecule has 28 heavy (non-hydrogen) atoms. The molecule has 4 heterocycles. The minimum atomic E-state index is -0.0156. The number of hydrogen-bond acceptors (Lipinski definition) is 6. The Hall–Kier alpha value is -3.07. The summed E-state index contributed by atoms with van der Waals surface area (Å²) in [6, 6.07) is 8.09. The number of benzene rings is 1. The van der Waals surface area contributed by atoms with Gasteiger partial charge in [0, 0.05) is 19.6 Å². The summed E-state index contributed by atoms with van der Waals surface area (Å²) in [5.74, 6) is 1.48. The Bertz CT molecular complexity index is 1170. The highest BCUT2D eigenvalue weighted by Crippen LogP contribution is 2.23. The van der Waals surface area contributed by atoms with Crippen molar-refractivity contribution in [3.8, 4) is 0 Å². The van der Waals surface area contributed by atoms with Crippen LogP contribution in [0.15, 0.2) is 41.7 Å². The average Bonchev–Trinajstić information content (AvgIpc) is 3.40. The van der Waals surface area contributed by atoms with Crippen LogP contribution in [-0.4, -0.2) is 51.9 Å². The number of aryl methyl sites for hydroxylation is 1. The first-order chi connectivity index (χ1) is 13.8. The summed E-state index contributed by atoms with van der Waals surface area (Å²) < 4.78 is 5.68. The fraction of sp³-hybridized carbons (Fsp3) is 0.421. The summed E-state index contributed by atoms with van der Waals surface area (Å²) in [5.41, 5.74) is 0.850. The van der Waals surface area contributed by atoms with Gasteiger partial charge >= 0.3 is 0 Å². The molecular weight excluding hydrogens is 356 g/mol. The third-order valence-corrected chi connectivity index (χ3v) is 5.62. The van der Waals surface area contributed by atoms with E-state index in [1.165, 1.54) is 0 Å². The van der Waals surface area contributed by atoms with Crippen LogP contribution in [0.4, 0.5) is 0 Å². The topological polar surface area (TPSA) is 86.1 Å². The van der Waals surface area contributed by atoms with Gasteiger partial charge in [-0.2, -0.15) is 5.10 Å². The van der Waals surface area contributed by atoms with Crippen molar-refractivity contribution in [3.05, 3.63) is 53.1 Å². The van der Waals surface area contributed by atoms with E-state index in [2.05, 4.69) is 25.2 Å². The standard InChI is InChI=1S/C19H22N8O/c1-2-25-18(28)15-5-3-4-6-16(15)27-17(22-23-19(25)27)11-24-9-7-14(8-10-24)26-13-20-12-21-26/h3-6,12-14H,2,7-11H2,1H3. The third kappa shape index (κ3) is 2.70. The van der Waals surface area contributed by atoms with Crippen LogP contribution in [0.3, 0.4) is 0 Å². The van der Waals surface area contributed by atoms with Gasteiger partial charge in [-0.15, -0.1) is 10.2 Å². The molecule has 144 valence electrons. The molecule has 0 amide bonds. The first kappa shape index (κ1) is 17.1. The van der Waals surface area contributed by atoms with E-state index in [1.54, 1.807) is 17.2 Å². The van der Waals surface area contributed by atoms with Gasteiger partial charge in [0.25, 0.3) is 5.56 Å². The lowest BCUT2D eigenvalue weighted by Gasteiger charge is -2.31. The Balaban J connectivity index is 1.47. The zero-order valence-electron chi connectivity index (χ0n) is 15.8. The van der Waals surface area contributed by atoms with Gasteiger partial charge < -0.3 is 0 Å². The second-order valence-electron chi connectivity index (χ2n) is 7.20. The molecule has 0 atom stereocenters. The van der Waals surface area contributed by atoms with E-state index in [0.717, 1.165) is 37.3 Å². The van der Waals surface area contributed by atoms with Crippen LogP contribution in [0, 0.1) is 0 Å². The lowest BCUT2D eigenvalue weighted by atomic mass is 10.1. The van der Waals surface area contributed by atoms with E-state index in [9.17, 15) is 4.79 Å². The number of fused-ring (bicyclic) bond motifs is 3. The van der Waals surface area contributed by atoms with Crippen molar-refractivity contribution in [2.24, 2.45) is 0 Å². The summed E-state index contributed by atoms with van der Waals surface area (Å²) in [6.07, 6.45) is 5.44. The Morgan fingerprint density at radius 2 is 1.96 bits per heavy atom. The molecule has 3 aromatic heterocycles. The Labute approximate surface area is 161 Å². The molecule has 1 aromatic carbocycles. The lowest BCUT2D eigenvalue weighted by Crippen LogP contribution is -2.35. The molecule has 9 nitrogen and oxygen atoms in total. The van der Waals surface area contributed by atoms with E-state index in [4.69, 9.17) is 0 Å². The molecule has 4 aromatic rings. The SMILES string of the molecule is CCn1c(=O)c2ccccc2n2c(CN3CCC(n4cncn4)CC3)nnc12. The molecule has 0 unspecified atom stereocenters. The van der Waals surface area contributed by atoms with Crippen LogP contribution in [0.25, 0.3) is 16.7 Å². The molecule has 0 saturated carbocycles. The number of aromatic nitrogens is 7. The molecule has 9 heteroatoms.